The van der Waals surface area contributed by atoms with Crippen LogP contribution in [0.4, 0.5) is 10.5 Å². The summed E-state index contributed by atoms with van der Waals surface area (Å²) < 4.78 is 4.78. The fraction of sp³-hybridized carbons (Fsp3) is 0.312. The highest BCUT2D eigenvalue weighted by molar-refractivity contribution is 6.38. The third-order valence-corrected chi connectivity index (χ3v) is 3.78. The molecule has 3 amide bonds. The Balaban J connectivity index is 2.01. The zero-order chi connectivity index (χ0) is 17.3. The second kappa shape index (κ2) is 6.32. The normalized spacial score (nSPS) is 18.5. The Labute approximate surface area is 138 Å². The Hall–Kier alpha value is -2.87. The van der Waals surface area contributed by atoms with Gasteiger partial charge < -0.3 is 4.74 Å². The molecule has 1 aromatic carbocycles. The largest absolute Gasteiger partial charge is 0.459 e. The summed E-state index contributed by atoms with van der Waals surface area (Å²) in [6.45, 7) is 5.61. The predicted octanol–water partition coefficient (Wildman–Crippen LogP) is 1.41. The molecule has 1 fully saturated rings. The Morgan fingerprint density at radius 2 is 2.12 bits per heavy atom. The van der Waals surface area contributed by atoms with E-state index in [0.29, 0.717) is 5.69 Å². The quantitative estimate of drug-likeness (QED) is 0.473. The molecular formula is C16H17N3O5. The summed E-state index contributed by atoms with van der Waals surface area (Å²) in [6.07, 6.45) is 1.53. The lowest BCUT2D eigenvalue weighted by Gasteiger charge is -2.34. The lowest BCUT2D eigenvalue weighted by molar-refractivity contribution is -0.154. The molecule has 0 aliphatic carbocycles. The van der Waals surface area contributed by atoms with Gasteiger partial charge in [-0.2, -0.15) is 5.06 Å². The van der Waals surface area contributed by atoms with Crippen LogP contribution in [0, 0.1) is 0 Å². The third kappa shape index (κ3) is 2.41. The van der Waals surface area contributed by atoms with Gasteiger partial charge in [0.05, 0.1) is 25.4 Å². The first-order valence-corrected chi connectivity index (χ1v) is 7.54. The molecule has 8 nitrogen and oxygen atoms in total. The van der Waals surface area contributed by atoms with Crippen molar-refractivity contribution in [3.8, 4) is 0 Å². The summed E-state index contributed by atoms with van der Waals surface area (Å²) in [4.78, 5) is 42.4. The number of fused-ring (bicyclic) bond motifs is 4. The van der Waals surface area contributed by atoms with E-state index in [-0.39, 0.29) is 25.8 Å². The Kier molecular flexibility index (Phi) is 4.22. The van der Waals surface area contributed by atoms with Crippen molar-refractivity contribution in [1.29, 1.82) is 0 Å². The Morgan fingerprint density at radius 3 is 2.83 bits per heavy atom. The van der Waals surface area contributed by atoms with Crippen LogP contribution >= 0.6 is 0 Å². The number of carbonyl (C=O) groups excluding carboxylic acids is 3. The van der Waals surface area contributed by atoms with E-state index in [4.69, 9.17) is 9.57 Å². The molecule has 2 bridgehead atoms. The minimum absolute atomic E-state index is 0.0746. The molecule has 2 heterocycles. The first-order valence-electron chi connectivity index (χ1n) is 7.54. The fourth-order valence-electron chi connectivity index (χ4n) is 2.82. The van der Waals surface area contributed by atoms with Gasteiger partial charge in [-0.25, -0.2) is 19.6 Å². The molecule has 126 valence electrons. The first-order chi connectivity index (χ1) is 11.6. The van der Waals surface area contributed by atoms with Crippen molar-refractivity contribution in [2.45, 2.75) is 13.0 Å². The van der Waals surface area contributed by atoms with Gasteiger partial charge in [0, 0.05) is 5.56 Å². The standard InChI is InChI=1S/C16H17N3O5/c1-3-9-24-19-13-10-17(16(19)22)18(14(20)15(21)23-4-2)12-8-6-5-7-11(12)13/h3,5-8,13H,1,4,9-10H2,2H3. The predicted molar refractivity (Wildman–Crippen MR) is 83.4 cm³/mol. The number of hydroxylamine groups is 2. The molecule has 1 unspecified atom stereocenters. The van der Waals surface area contributed by atoms with Crippen LogP contribution in [-0.2, 0) is 19.2 Å². The fourth-order valence-corrected chi connectivity index (χ4v) is 2.82. The van der Waals surface area contributed by atoms with Crippen molar-refractivity contribution in [3.63, 3.8) is 0 Å². The van der Waals surface area contributed by atoms with E-state index in [2.05, 4.69) is 6.58 Å². The summed E-state index contributed by atoms with van der Waals surface area (Å²) in [6, 6.07) is 6.13. The smallest absolute Gasteiger partial charge is 0.399 e. The first kappa shape index (κ1) is 16.0. The van der Waals surface area contributed by atoms with Gasteiger partial charge in [0.1, 0.15) is 6.04 Å². The van der Waals surface area contributed by atoms with Crippen molar-refractivity contribution in [1.82, 2.24) is 10.1 Å². The average Bonchev–Trinajstić information content (AvgIpc) is 2.86. The topological polar surface area (TPSA) is 79.4 Å². The van der Waals surface area contributed by atoms with Crippen molar-refractivity contribution >= 4 is 23.6 Å². The number of hydrazine groups is 1. The van der Waals surface area contributed by atoms with Crippen LogP contribution in [0.5, 0.6) is 0 Å². The van der Waals surface area contributed by atoms with Crippen molar-refractivity contribution < 1.29 is 24.0 Å². The maximum absolute atomic E-state index is 12.6. The molecule has 3 rings (SSSR count). The lowest BCUT2D eigenvalue weighted by atomic mass is 10.0. The average molecular weight is 331 g/mol. The number of amides is 3. The van der Waals surface area contributed by atoms with Gasteiger partial charge in [0.25, 0.3) is 0 Å². The number of hydrogen-bond donors (Lipinski definition) is 0. The second-order valence-corrected chi connectivity index (χ2v) is 5.19. The SMILES string of the molecule is C=CCON1C(=O)N2CC1c1ccccc1N2C(=O)C(=O)OCC. The van der Waals surface area contributed by atoms with Crippen LogP contribution in [-0.4, -0.2) is 47.7 Å². The summed E-state index contributed by atoms with van der Waals surface area (Å²) in [5.41, 5.74) is 1.19. The summed E-state index contributed by atoms with van der Waals surface area (Å²) in [5.74, 6) is -1.93. The van der Waals surface area contributed by atoms with Gasteiger partial charge in [-0.3, -0.25) is 9.63 Å². The summed E-state index contributed by atoms with van der Waals surface area (Å²) >= 11 is 0. The van der Waals surface area contributed by atoms with E-state index < -0.39 is 17.9 Å². The number of esters is 1. The molecule has 0 spiro atoms. The lowest BCUT2D eigenvalue weighted by Crippen LogP contribution is -2.52. The van der Waals surface area contributed by atoms with E-state index in [9.17, 15) is 14.4 Å². The Bertz CT molecular complexity index is 705. The van der Waals surface area contributed by atoms with Gasteiger partial charge >= 0.3 is 17.9 Å². The number of anilines is 1. The number of carbonyl (C=O) groups is 3. The van der Waals surface area contributed by atoms with Crippen molar-refractivity contribution in [3.05, 3.63) is 42.5 Å². The van der Waals surface area contributed by atoms with E-state index in [0.717, 1.165) is 10.6 Å². The number of urea groups is 1. The van der Waals surface area contributed by atoms with Crippen LogP contribution in [0.15, 0.2) is 36.9 Å². The molecular weight excluding hydrogens is 314 g/mol. The highest BCUT2D eigenvalue weighted by Crippen LogP contribution is 2.42. The number of para-hydroxylation sites is 1. The minimum Gasteiger partial charge on any atom is -0.459 e. The number of rotatable bonds is 4. The third-order valence-electron chi connectivity index (χ3n) is 3.78. The van der Waals surface area contributed by atoms with Crippen LogP contribution < -0.4 is 5.01 Å². The van der Waals surface area contributed by atoms with Gasteiger partial charge in [-0.15, -0.1) is 6.58 Å². The monoisotopic (exact) mass is 331 g/mol. The molecule has 0 radical (unpaired) electrons. The second-order valence-electron chi connectivity index (χ2n) is 5.19. The highest BCUT2D eigenvalue weighted by atomic mass is 16.7. The van der Waals surface area contributed by atoms with Crippen molar-refractivity contribution in [2.24, 2.45) is 0 Å². The summed E-state index contributed by atoms with van der Waals surface area (Å²) in [7, 11) is 0. The van der Waals surface area contributed by atoms with Crippen LogP contribution in [0.25, 0.3) is 0 Å². The van der Waals surface area contributed by atoms with Crippen LogP contribution in [0.1, 0.15) is 18.5 Å². The van der Waals surface area contributed by atoms with Gasteiger partial charge in [-0.05, 0) is 13.0 Å². The highest BCUT2D eigenvalue weighted by Gasteiger charge is 2.50. The number of ether oxygens (including phenoxy) is 1. The van der Waals surface area contributed by atoms with E-state index in [1.54, 1.807) is 31.2 Å². The van der Waals surface area contributed by atoms with Crippen LogP contribution in [0.2, 0.25) is 0 Å². The molecule has 1 saturated heterocycles. The maximum atomic E-state index is 12.6. The van der Waals surface area contributed by atoms with E-state index >= 15 is 0 Å². The van der Waals surface area contributed by atoms with E-state index in [1.807, 2.05) is 0 Å². The van der Waals surface area contributed by atoms with E-state index in [1.165, 1.54) is 16.1 Å². The maximum Gasteiger partial charge on any atom is 0.399 e. The molecule has 8 heteroatoms. The zero-order valence-corrected chi connectivity index (χ0v) is 13.2. The van der Waals surface area contributed by atoms with Crippen molar-refractivity contribution in [2.75, 3.05) is 24.8 Å². The molecule has 0 N–H and O–H groups in total. The molecule has 0 aromatic heterocycles. The Morgan fingerprint density at radius 1 is 1.38 bits per heavy atom. The molecule has 0 saturated carbocycles. The minimum atomic E-state index is -1.01. The van der Waals surface area contributed by atoms with Gasteiger partial charge in [-0.1, -0.05) is 24.3 Å². The van der Waals surface area contributed by atoms with Crippen LogP contribution in [0.3, 0.4) is 0 Å². The molecule has 1 atom stereocenters. The zero-order valence-electron chi connectivity index (χ0n) is 13.2. The van der Waals surface area contributed by atoms with Gasteiger partial charge in [0.15, 0.2) is 0 Å². The number of hydrogen-bond acceptors (Lipinski definition) is 5. The number of benzene rings is 1. The molecule has 24 heavy (non-hydrogen) atoms. The number of nitrogens with zero attached hydrogens (tertiary/aromatic N) is 3. The van der Waals surface area contributed by atoms with Gasteiger partial charge in [0.2, 0.25) is 0 Å². The molecule has 2 aliphatic heterocycles. The molecule has 1 aromatic rings. The summed E-state index contributed by atoms with van der Waals surface area (Å²) in [5, 5.41) is 3.46. The molecule has 2 aliphatic rings.